The standard InChI is InChI=1S/C21H30O7/c1-9-10-7-11(22)13-20(8-10,15(9)23)17(25)27-12-5-6-19(2,3)14-16(24)28-18(26-4)21(12,13)14/h10-16,18,22-24H,1,5-8H2,2-4H3/t10-,11+,12+,13-,14-,15-,16-,18+,20+,21-/m1/s1. The molecule has 5 fully saturated rings. The first-order valence-corrected chi connectivity index (χ1v) is 10.2. The lowest BCUT2D eigenvalue weighted by atomic mass is 9.43. The van der Waals surface area contributed by atoms with Crippen molar-refractivity contribution in [3.05, 3.63) is 12.2 Å². The van der Waals surface area contributed by atoms with Gasteiger partial charge in [-0.15, -0.1) is 0 Å². The summed E-state index contributed by atoms with van der Waals surface area (Å²) in [7, 11) is 1.51. The van der Waals surface area contributed by atoms with Gasteiger partial charge in [-0.1, -0.05) is 20.4 Å². The number of rotatable bonds is 1. The molecule has 0 aromatic carbocycles. The van der Waals surface area contributed by atoms with Crippen LogP contribution in [0, 0.1) is 34.0 Å². The number of fused-ring (bicyclic) bond motifs is 1. The Bertz CT molecular complexity index is 734. The van der Waals surface area contributed by atoms with E-state index in [4.69, 9.17) is 14.2 Å². The van der Waals surface area contributed by atoms with Gasteiger partial charge in [-0.25, -0.2) is 0 Å². The van der Waals surface area contributed by atoms with E-state index in [-0.39, 0.29) is 11.3 Å². The Morgan fingerprint density at radius 3 is 2.61 bits per heavy atom. The largest absolute Gasteiger partial charge is 0.461 e. The summed E-state index contributed by atoms with van der Waals surface area (Å²) in [6, 6.07) is 0. The van der Waals surface area contributed by atoms with E-state index in [1.807, 2.05) is 0 Å². The highest BCUT2D eigenvalue weighted by atomic mass is 16.7. The molecule has 2 saturated heterocycles. The van der Waals surface area contributed by atoms with Gasteiger partial charge >= 0.3 is 5.97 Å². The lowest BCUT2D eigenvalue weighted by Crippen LogP contribution is -2.73. The van der Waals surface area contributed by atoms with Crippen LogP contribution in [0.1, 0.15) is 39.5 Å². The van der Waals surface area contributed by atoms with E-state index in [1.54, 1.807) is 0 Å². The Labute approximate surface area is 164 Å². The molecule has 28 heavy (non-hydrogen) atoms. The predicted molar refractivity (Wildman–Crippen MR) is 96.5 cm³/mol. The highest BCUT2D eigenvalue weighted by Crippen LogP contribution is 2.73. The Morgan fingerprint density at radius 2 is 1.93 bits per heavy atom. The molecule has 156 valence electrons. The van der Waals surface area contributed by atoms with Crippen molar-refractivity contribution in [2.75, 3.05) is 7.11 Å². The van der Waals surface area contributed by atoms with Crippen LogP contribution in [0.3, 0.4) is 0 Å². The minimum Gasteiger partial charge on any atom is -0.461 e. The SMILES string of the molecule is C=C1[C@@H]2C[C@H](O)[C@@H]3[C@](C2)(C(=O)O[C@H]2CCC(C)(C)[C@H]4[C@H](O)O[C@H](OC)[C@@]243)[C@@H]1O. The van der Waals surface area contributed by atoms with Crippen molar-refractivity contribution in [1.82, 2.24) is 0 Å². The van der Waals surface area contributed by atoms with Crippen LogP contribution in [0.4, 0.5) is 0 Å². The maximum absolute atomic E-state index is 13.3. The Kier molecular flexibility index (Phi) is 3.78. The van der Waals surface area contributed by atoms with Crippen LogP contribution in [-0.4, -0.2) is 59.3 Å². The summed E-state index contributed by atoms with van der Waals surface area (Å²) in [6.45, 7) is 8.17. The zero-order valence-corrected chi connectivity index (χ0v) is 16.6. The minimum atomic E-state index is -1.27. The smallest absolute Gasteiger partial charge is 0.315 e. The zero-order chi connectivity index (χ0) is 20.2. The summed E-state index contributed by atoms with van der Waals surface area (Å²) < 4.78 is 17.6. The molecule has 7 heteroatoms. The topological polar surface area (TPSA) is 105 Å². The number of esters is 1. The van der Waals surface area contributed by atoms with Gasteiger partial charge in [-0.3, -0.25) is 4.79 Å². The molecule has 0 amide bonds. The van der Waals surface area contributed by atoms with E-state index < -0.39 is 59.5 Å². The fourth-order valence-corrected chi connectivity index (χ4v) is 7.85. The van der Waals surface area contributed by atoms with Crippen molar-refractivity contribution in [2.45, 2.75) is 70.4 Å². The van der Waals surface area contributed by atoms with Gasteiger partial charge < -0.3 is 29.5 Å². The Hall–Kier alpha value is -0.990. The van der Waals surface area contributed by atoms with Crippen molar-refractivity contribution in [3.8, 4) is 0 Å². The summed E-state index contributed by atoms with van der Waals surface area (Å²) in [5, 5.41) is 33.4. The zero-order valence-electron chi connectivity index (χ0n) is 16.6. The van der Waals surface area contributed by atoms with E-state index in [9.17, 15) is 20.1 Å². The molecule has 5 rings (SSSR count). The lowest BCUT2D eigenvalue weighted by Gasteiger charge is -2.64. The third-order valence-electron chi connectivity index (χ3n) is 8.74. The van der Waals surface area contributed by atoms with Gasteiger partial charge in [-0.2, -0.15) is 0 Å². The summed E-state index contributed by atoms with van der Waals surface area (Å²) in [5.41, 5.74) is -1.93. The van der Waals surface area contributed by atoms with Crippen LogP contribution in [0.5, 0.6) is 0 Å². The number of aliphatic hydroxyl groups is 3. The van der Waals surface area contributed by atoms with Crippen LogP contribution < -0.4 is 0 Å². The summed E-state index contributed by atoms with van der Waals surface area (Å²) >= 11 is 0. The quantitative estimate of drug-likeness (QED) is 0.449. The first-order valence-electron chi connectivity index (χ1n) is 10.2. The van der Waals surface area contributed by atoms with Gasteiger partial charge in [0.1, 0.15) is 11.5 Å². The van der Waals surface area contributed by atoms with Crippen LogP contribution in [0.25, 0.3) is 0 Å². The normalized spacial score (nSPS) is 56.6. The third-order valence-corrected chi connectivity index (χ3v) is 8.74. The molecule has 7 nitrogen and oxygen atoms in total. The molecule has 0 aromatic rings. The van der Waals surface area contributed by atoms with E-state index in [0.29, 0.717) is 24.8 Å². The molecular formula is C21H30O7. The van der Waals surface area contributed by atoms with E-state index in [1.165, 1.54) is 7.11 Å². The molecule has 3 saturated carbocycles. The minimum absolute atomic E-state index is 0.120. The molecule has 2 aliphatic heterocycles. The molecule has 3 N–H and O–H groups in total. The van der Waals surface area contributed by atoms with Crippen molar-refractivity contribution in [3.63, 3.8) is 0 Å². The molecular weight excluding hydrogens is 364 g/mol. The predicted octanol–water partition coefficient (Wildman–Crippen LogP) is 0.960. The van der Waals surface area contributed by atoms with E-state index in [2.05, 4.69) is 20.4 Å². The molecule has 3 aliphatic carbocycles. The fourth-order valence-electron chi connectivity index (χ4n) is 7.85. The average molecular weight is 394 g/mol. The maximum atomic E-state index is 13.3. The van der Waals surface area contributed by atoms with Crippen LogP contribution in [0.15, 0.2) is 12.2 Å². The number of hydrogen-bond acceptors (Lipinski definition) is 7. The van der Waals surface area contributed by atoms with Crippen LogP contribution >= 0.6 is 0 Å². The van der Waals surface area contributed by atoms with Gasteiger partial charge in [0.15, 0.2) is 12.6 Å². The number of carbonyl (C=O) groups excluding carboxylic acids is 1. The first-order chi connectivity index (χ1) is 13.1. The fraction of sp³-hybridized carbons (Fsp3) is 0.857. The van der Waals surface area contributed by atoms with Crippen LogP contribution in [-0.2, 0) is 19.0 Å². The number of aliphatic hydroxyl groups excluding tert-OH is 3. The van der Waals surface area contributed by atoms with Crippen molar-refractivity contribution in [1.29, 1.82) is 0 Å². The van der Waals surface area contributed by atoms with Crippen molar-refractivity contribution in [2.24, 2.45) is 34.0 Å². The molecule has 2 bridgehead atoms. The molecule has 0 radical (unpaired) electrons. The molecule has 5 aliphatic rings. The van der Waals surface area contributed by atoms with Gasteiger partial charge in [0.05, 0.1) is 17.6 Å². The van der Waals surface area contributed by atoms with Crippen molar-refractivity contribution < 1.29 is 34.3 Å². The summed E-state index contributed by atoms with van der Waals surface area (Å²) in [5.74, 6) is -1.61. The van der Waals surface area contributed by atoms with Gasteiger partial charge in [0.25, 0.3) is 0 Å². The molecule has 0 aromatic heterocycles. The highest BCUT2D eigenvalue weighted by Gasteiger charge is 2.81. The Morgan fingerprint density at radius 1 is 1.21 bits per heavy atom. The molecule has 10 atom stereocenters. The van der Waals surface area contributed by atoms with E-state index >= 15 is 0 Å². The third kappa shape index (κ3) is 1.86. The van der Waals surface area contributed by atoms with Gasteiger partial charge in [0.2, 0.25) is 0 Å². The van der Waals surface area contributed by atoms with Crippen LogP contribution in [0.2, 0.25) is 0 Å². The number of carbonyl (C=O) groups is 1. The highest BCUT2D eigenvalue weighted by molar-refractivity contribution is 5.82. The summed E-state index contributed by atoms with van der Waals surface area (Å²) in [6.07, 6.45) is -2.20. The molecule has 2 heterocycles. The first kappa shape index (κ1) is 19.0. The lowest BCUT2D eigenvalue weighted by molar-refractivity contribution is -0.298. The monoisotopic (exact) mass is 394 g/mol. The average Bonchev–Trinajstić information content (AvgIpc) is 3.04. The Balaban J connectivity index is 1.78. The van der Waals surface area contributed by atoms with Crippen molar-refractivity contribution >= 4 is 5.97 Å². The summed E-state index contributed by atoms with van der Waals surface area (Å²) in [4.78, 5) is 13.3. The van der Waals surface area contributed by atoms with E-state index in [0.717, 1.165) is 6.42 Å². The number of hydrogen-bond donors (Lipinski definition) is 3. The van der Waals surface area contributed by atoms with Gasteiger partial charge in [0, 0.05) is 18.9 Å². The number of ether oxygens (including phenoxy) is 3. The second kappa shape index (κ2) is 5.58. The maximum Gasteiger partial charge on any atom is 0.315 e. The van der Waals surface area contributed by atoms with Gasteiger partial charge in [-0.05, 0) is 42.6 Å². The molecule has 2 spiro atoms. The second-order valence-electron chi connectivity index (χ2n) is 10.2. The molecule has 0 unspecified atom stereocenters. The number of methoxy groups -OCH3 is 1. The second-order valence-corrected chi connectivity index (χ2v) is 10.2.